The standard InChI is InChI=1S/C18H11BrN2O2S/c19-13-6-7-15-12(8-13)9-16(23-15)17(22)21-18-20-14(10-24-18)11-4-2-1-3-5-11/h1-10H,(H,20,21,22). The zero-order valence-electron chi connectivity index (χ0n) is 12.3. The molecule has 0 unspecified atom stereocenters. The van der Waals surface area contributed by atoms with Gasteiger partial charge in [0.1, 0.15) is 5.58 Å². The Bertz CT molecular complexity index is 1020. The van der Waals surface area contributed by atoms with E-state index in [-0.39, 0.29) is 11.7 Å². The summed E-state index contributed by atoms with van der Waals surface area (Å²) in [5, 5.41) is 6.12. The minimum atomic E-state index is -0.309. The van der Waals surface area contributed by atoms with E-state index in [2.05, 4.69) is 26.2 Å². The Labute approximate surface area is 150 Å². The fourth-order valence-corrected chi connectivity index (χ4v) is 3.45. The number of hydrogen-bond acceptors (Lipinski definition) is 4. The van der Waals surface area contributed by atoms with Crippen molar-refractivity contribution in [3.05, 3.63) is 70.2 Å². The molecule has 6 heteroatoms. The predicted molar refractivity (Wildman–Crippen MR) is 99.4 cm³/mol. The van der Waals surface area contributed by atoms with Gasteiger partial charge in [0.05, 0.1) is 5.69 Å². The van der Waals surface area contributed by atoms with Crippen molar-refractivity contribution in [2.45, 2.75) is 0 Å². The lowest BCUT2D eigenvalue weighted by molar-refractivity contribution is 0.0998. The summed E-state index contributed by atoms with van der Waals surface area (Å²) < 4.78 is 6.53. The summed E-state index contributed by atoms with van der Waals surface area (Å²) in [6.07, 6.45) is 0. The molecule has 2 aromatic carbocycles. The number of hydrogen-bond donors (Lipinski definition) is 1. The number of anilines is 1. The van der Waals surface area contributed by atoms with Gasteiger partial charge >= 0.3 is 0 Å². The number of halogens is 1. The number of carbonyl (C=O) groups is 1. The fraction of sp³-hybridized carbons (Fsp3) is 0. The lowest BCUT2D eigenvalue weighted by atomic mass is 10.2. The first-order chi connectivity index (χ1) is 11.7. The SMILES string of the molecule is O=C(Nc1nc(-c2ccccc2)cs1)c1cc2cc(Br)ccc2o1. The van der Waals surface area contributed by atoms with Crippen molar-refractivity contribution in [3.63, 3.8) is 0 Å². The molecule has 0 radical (unpaired) electrons. The Hall–Kier alpha value is -2.44. The highest BCUT2D eigenvalue weighted by atomic mass is 79.9. The molecule has 0 saturated heterocycles. The summed E-state index contributed by atoms with van der Waals surface area (Å²) in [6.45, 7) is 0. The minimum Gasteiger partial charge on any atom is -0.451 e. The highest BCUT2D eigenvalue weighted by Crippen LogP contribution is 2.27. The topological polar surface area (TPSA) is 55.1 Å². The van der Waals surface area contributed by atoms with Gasteiger partial charge < -0.3 is 4.42 Å². The Kier molecular flexibility index (Phi) is 3.92. The van der Waals surface area contributed by atoms with Crippen LogP contribution in [0.3, 0.4) is 0 Å². The van der Waals surface area contributed by atoms with Crippen molar-refractivity contribution in [1.82, 2.24) is 4.98 Å². The third-order valence-corrected chi connectivity index (χ3v) is 4.75. The van der Waals surface area contributed by atoms with E-state index >= 15 is 0 Å². The van der Waals surface area contributed by atoms with Crippen molar-refractivity contribution in [3.8, 4) is 11.3 Å². The van der Waals surface area contributed by atoms with Gasteiger partial charge in [-0.2, -0.15) is 0 Å². The molecule has 24 heavy (non-hydrogen) atoms. The van der Waals surface area contributed by atoms with Crippen LogP contribution in [0.4, 0.5) is 5.13 Å². The lowest BCUT2D eigenvalue weighted by Crippen LogP contribution is -2.10. The van der Waals surface area contributed by atoms with Crippen molar-refractivity contribution in [1.29, 1.82) is 0 Å². The maximum atomic E-state index is 12.4. The molecule has 0 fully saturated rings. The second-order valence-corrected chi connectivity index (χ2v) is 6.92. The van der Waals surface area contributed by atoms with Crippen LogP contribution in [-0.2, 0) is 0 Å². The number of thiazole rings is 1. The number of carbonyl (C=O) groups excluding carboxylic acids is 1. The van der Waals surface area contributed by atoms with E-state index in [1.54, 1.807) is 6.07 Å². The largest absolute Gasteiger partial charge is 0.451 e. The summed E-state index contributed by atoms with van der Waals surface area (Å²) in [7, 11) is 0. The van der Waals surface area contributed by atoms with Crippen molar-refractivity contribution < 1.29 is 9.21 Å². The Morgan fingerprint density at radius 2 is 1.96 bits per heavy atom. The molecule has 0 aliphatic rings. The third-order valence-electron chi connectivity index (χ3n) is 3.50. The molecule has 1 N–H and O–H groups in total. The molecule has 4 nitrogen and oxygen atoms in total. The van der Waals surface area contributed by atoms with Crippen molar-refractivity contribution in [2.24, 2.45) is 0 Å². The van der Waals surface area contributed by atoms with Crippen molar-refractivity contribution >= 4 is 49.3 Å². The fourth-order valence-electron chi connectivity index (χ4n) is 2.36. The first kappa shape index (κ1) is 15.1. The van der Waals surface area contributed by atoms with E-state index < -0.39 is 0 Å². The number of aromatic nitrogens is 1. The number of amides is 1. The number of fused-ring (bicyclic) bond motifs is 1. The maximum absolute atomic E-state index is 12.4. The molecular formula is C18H11BrN2O2S. The average Bonchev–Trinajstić information content (AvgIpc) is 3.22. The van der Waals surface area contributed by atoms with Crippen molar-refractivity contribution in [2.75, 3.05) is 5.32 Å². The quantitative estimate of drug-likeness (QED) is 0.490. The van der Waals surface area contributed by atoms with E-state index in [1.165, 1.54) is 11.3 Å². The van der Waals surface area contributed by atoms with Gasteiger partial charge in [-0.05, 0) is 24.3 Å². The van der Waals surface area contributed by atoms with E-state index in [9.17, 15) is 4.79 Å². The van der Waals surface area contributed by atoms with Gasteiger partial charge in [-0.3, -0.25) is 10.1 Å². The van der Waals surface area contributed by atoms with Gasteiger partial charge in [-0.25, -0.2) is 4.98 Å². The molecule has 4 aromatic rings. The van der Waals surface area contributed by atoms with Crippen LogP contribution in [0, 0.1) is 0 Å². The van der Waals surface area contributed by atoms with E-state index in [4.69, 9.17) is 4.42 Å². The number of nitrogens with zero attached hydrogens (tertiary/aromatic N) is 1. The van der Waals surface area contributed by atoms with Gasteiger partial charge in [0.15, 0.2) is 10.9 Å². The highest BCUT2D eigenvalue weighted by Gasteiger charge is 2.14. The maximum Gasteiger partial charge on any atom is 0.293 e. The predicted octanol–water partition coefficient (Wildman–Crippen LogP) is 5.57. The Balaban J connectivity index is 1.56. The Morgan fingerprint density at radius 1 is 1.12 bits per heavy atom. The molecule has 2 aromatic heterocycles. The summed E-state index contributed by atoms with van der Waals surface area (Å²) in [5.41, 5.74) is 2.53. The summed E-state index contributed by atoms with van der Waals surface area (Å²) in [6, 6.07) is 17.2. The van der Waals surface area contributed by atoms with Crippen LogP contribution in [0.2, 0.25) is 0 Å². The van der Waals surface area contributed by atoms with Crippen LogP contribution < -0.4 is 5.32 Å². The molecule has 0 aliphatic carbocycles. The molecule has 2 heterocycles. The smallest absolute Gasteiger partial charge is 0.293 e. The van der Waals surface area contributed by atoms with E-state index in [0.717, 1.165) is 21.1 Å². The molecule has 4 rings (SSSR count). The zero-order chi connectivity index (χ0) is 16.5. The summed E-state index contributed by atoms with van der Waals surface area (Å²) in [5.74, 6) is -0.0455. The molecule has 0 saturated carbocycles. The lowest BCUT2D eigenvalue weighted by Gasteiger charge is -1.98. The molecule has 0 atom stereocenters. The number of nitrogens with one attached hydrogen (secondary N) is 1. The first-order valence-electron chi connectivity index (χ1n) is 7.20. The van der Waals surface area contributed by atoms with Gasteiger partial charge in [0, 0.05) is 20.8 Å². The number of rotatable bonds is 3. The number of furan rings is 1. The molecule has 0 aliphatic heterocycles. The highest BCUT2D eigenvalue weighted by molar-refractivity contribution is 9.10. The molecule has 0 bridgehead atoms. The third kappa shape index (κ3) is 2.98. The van der Waals surface area contributed by atoms with Crippen LogP contribution in [0.25, 0.3) is 22.2 Å². The van der Waals surface area contributed by atoms with Crippen LogP contribution in [-0.4, -0.2) is 10.9 Å². The van der Waals surface area contributed by atoms with Crippen LogP contribution in [0.1, 0.15) is 10.6 Å². The summed E-state index contributed by atoms with van der Waals surface area (Å²) >= 11 is 4.79. The zero-order valence-corrected chi connectivity index (χ0v) is 14.7. The van der Waals surface area contributed by atoms with Crippen LogP contribution >= 0.6 is 27.3 Å². The minimum absolute atomic E-state index is 0.263. The van der Waals surface area contributed by atoms with Crippen LogP contribution in [0.5, 0.6) is 0 Å². The second kappa shape index (κ2) is 6.22. The monoisotopic (exact) mass is 398 g/mol. The average molecular weight is 399 g/mol. The molecular weight excluding hydrogens is 388 g/mol. The van der Waals surface area contributed by atoms with Gasteiger partial charge in [-0.1, -0.05) is 46.3 Å². The van der Waals surface area contributed by atoms with Crippen LogP contribution in [0.15, 0.2) is 68.9 Å². The molecule has 1 amide bonds. The normalized spacial score (nSPS) is 10.9. The van der Waals surface area contributed by atoms with E-state index in [1.807, 2.05) is 53.9 Å². The molecule has 118 valence electrons. The van der Waals surface area contributed by atoms with Gasteiger partial charge in [-0.15, -0.1) is 11.3 Å². The van der Waals surface area contributed by atoms with Gasteiger partial charge in [0.25, 0.3) is 5.91 Å². The Morgan fingerprint density at radius 3 is 2.79 bits per heavy atom. The summed E-state index contributed by atoms with van der Waals surface area (Å²) in [4.78, 5) is 16.8. The first-order valence-corrected chi connectivity index (χ1v) is 8.88. The van der Waals surface area contributed by atoms with Gasteiger partial charge in [0.2, 0.25) is 0 Å². The molecule has 0 spiro atoms. The van der Waals surface area contributed by atoms with E-state index in [0.29, 0.717) is 10.7 Å². The second-order valence-electron chi connectivity index (χ2n) is 5.15. The number of benzene rings is 2.